The number of aliphatic hydroxyl groups is 1. The number of benzene rings is 1. The second-order valence-electron chi connectivity index (χ2n) is 7.56. The van der Waals surface area contributed by atoms with Crippen molar-refractivity contribution in [2.24, 2.45) is 11.8 Å². The van der Waals surface area contributed by atoms with Gasteiger partial charge in [-0.05, 0) is 50.3 Å². The Morgan fingerprint density at radius 2 is 1.96 bits per heavy atom. The summed E-state index contributed by atoms with van der Waals surface area (Å²) in [5.41, 5.74) is 0.823. The zero-order chi connectivity index (χ0) is 18.4. The lowest BCUT2D eigenvalue weighted by Gasteiger charge is -2.41. The number of sulfonamides is 1. The first-order valence-corrected chi connectivity index (χ1v) is 10.5. The van der Waals surface area contributed by atoms with E-state index in [2.05, 4.69) is 4.98 Å². The van der Waals surface area contributed by atoms with E-state index in [1.165, 1.54) is 0 Å². The predicted molar refractivity (Wildman–Crippen MR) is 98.9 cm³/mol. The van der Waals surface area contributed by atoms with E-state index in [0.29, 0.717) is 24.4 Å². The Labute approximate surface area is 154 Å². The minimum absolute atomic E-state index is 0.0966. The summed E-state index contributed by atoms with van der Waals surface area (Å²) in [5.74, 6) is 0.0786. The van der Waals surface area contributed by atoms with Gasteiger partial charge in [0.15, 0.2) is 0 Å². The van der Waals surface area contributed by atoms with Crippen LogP contribution in [0.25, 0.3) is 0 Å². The van der Waals surface area contributed by atoms with Crippen LogP contribution in [0.5, 0.6) is 0 Å². The standard InChI is InChI=1S/C20H24N2O3S/c1-15-6-8-18(9-7-15)26(24,25)22-13-16-4-2-10-20(23,19(16)14-22)17-5-3-11-21-12-17/h3,5-9,11-12,16,19,23H,2,4,10,13-14H2,1H3/t16-,19-,20+/m0/s1. The summed E-state index contributed by atoms with van der Waals surface area (Å²) in [6, 6.07) is 10.7. The third-order valence-electron chi connectivity index (χ3n) is 5.97. The molecule has 138 valence electrons. The molecule has 1 aliphatic carbocycles. The summed E-state index contributed by atoms with van der Waals surface area (Å²) in [4.78, 5) is 4.48. The summed E-state index contributed by atoms with van der Waals surface area (Å²) >= 11 is 0. The van der Waals surface area contributed by atoms with Crippen LogP contribution in [-0.2, 0) is 15.6 Å². The van der Waals surface area contributed by atoms with E-state index < -0.39 is 15.6 Å². The molecule has 26 heavy (non-hydrogen) atoms. The molecule has 0 amide bonds. The number of aromatic nitrogens is 1. The lowest BCUT2D eigenvalue weighted by atomic mass is 9.68. The summed E-state index contributed by atoms with van der Waals surface area (Å²) in [5, 5.41) is 11.4. The molecule has 0 unspecified atom stereocenters. The summed E-state index contributed by atoms with van der Waals surface area (Å²) in [6.07, 6.45) is 5.89. The van der Waals surface area contributed by atoms with Gasteiger partial charge < -0.3 is 5.11 Å². The molecule has 6 heteroatoms. The number of pyridine rings is 1. The van der Waals surface area contributed by atoms with E-state index in [0.717, 1.165) is 24.0 Å². The Hall–Kier alpha value is -1.76. The zero-order valence-corrected chi connectivity index (χ0v) is 15.7. The van der Waals surface area contributed by atoms with E-state index in [-0.39, 0.29) is 11.8 Å². The number of nitrogens with zero attached hydrogens (tertiary/aromatic N) is 2. The molecule has 0 radical (unpaired) electrons. The molecule has 5 nitrogen and oxygen atoms in total. The Morgan fingerprint density at radius 3 is 2.65 bits per heavy atom. The van der Waals surface area contributed by atoms with Crippen molar-refractivity contribution in [3.63, 3.8) is 0 Å². The van der Waals surface area contributed by atoms with Crippen LogP contribution in [0.4, 0.5) is 0 Å². The van der Waals surface area contributed by atoms with Gasteiger partial charge in [-0.15, -0.1) is 0 Å². The first kappa shape index (κ1) is 17.6. The number of fused-ring (bicyclic) bond motifs is 1. The first-order chi connectivity index (χ1) is 12.4. The first-order valence-electron chi connectivity index (χ1n) is 9.11. The molecular weight excluding hydrogens is 348 g/mol. The molecule has 2 aliphatic rings. The highest BCUT2D eigenvalue weighted by molar-refractivity contribution is 7.89. The fourth-order valence-corrected chi connectivity index (χ4v) is 6.04. The average molecular weight is 372 g/mol. The van der Waals surface area contributed by atoms with E-state index in [4.69, 9.17) is 0 Å². The Morgan fingerprint density at radius 1 is 1.19 bits per heavy atom. The van der Waals surface area contributed by atoms with Crippen LogP contribution in [0.1, 0.15) is 30.4 Å². The number of aryl methyl sites for hydroxylation is 1. The lowest BCUT2D eigenvalue weighted by Crippen LogP contribution is -2.43. The van der Waals surface area contributed by atoms with Crippen molar-refractivity contribution in [3.8, 4) is 0 Å². The molecule has 3 atom stereocenters. The van der Waals surface area contributed by atoms with Crippen molar-refractivity contribution in [1.82, 2.24) is 9.29 Å². The van der Waals surface area contributed by atoms with E-state index in [1.54, 1.807) is 28.8 Å². The molecule has 1 aromatic carbocycles. The van der Waals surface area contributed by atoms with E-state index in [1.807, 2.05) is 31.2 Å². The van der Waals surface area contributed by atoms with Crippen LogP contribution < -0.4 is 0 Å². The quantitative estimate of drug-likeness (QED) is 0.899. The van der Waals surface area contributed by atoms with Crippen LogP contribution in [-0.4, -0.2) is 35.9 Å². The largest absolute Gasteiger partial charge is 0.385 e. The molecule has 1 saturated heterocycles. The van der Waals surface area contributed by atoms with Crippen molar-refractivity contribution in [2.75, 3.05) is 13.1 Å². The van der Waals surface area contributed by atoms with Gasteiger partial charge in [-0.2, -0.15) is 4.31 Å². The van der Waals surface area contributed by atoms with Gasteiger partial charge >= 0.3 is 0 Å². The van der Waals surface area contributed by atoms with Gasteiger partial charge in [0.1, 0.15) is 0 Å². The molecule has 1 aromatic heterocycles. The zero-order valence-electron chi connectivity index (χ0n) is 14.9. The van der Waals surface area contributed by atoms with Crippen molar-refractivity contribution >= 4 is 10.0 Å². The maximum atomic E-state index is 13.1. The van der Waals surface area contributed by atoms with Gasteiger partial charge in [-0.25, -0.2) is 8.42 Å². The molecule has 1 saturated carbocycles. The van der Waals surface area contributed by atoms with Crippen molar-refractivity contribution < 1.29 is 13.5 Å². The highest BCUT2D eigenvalue weighted by Gasteiger charge is 2.52. The smallest absolute Gasteiger partial charge is 0.243 e. The average Bonchev–Trinajstić information content (AvgIpc) is 3.10. The maximum absolute atomic E-state index is 13.1. The second kappa shape index (κ2) is 6.44. The predicted octanol–water partition coefficient (Wildman–Crippen LogP) is 2.70. The minimum atomic E-state index is -3.54. The van der Waals surface area contributed by atoms with Gasteiger partial charge in [0.05, 0.1) is 10.5 Å². The van der Waals surface area contributed by atoms with E-state index in [9.17, 15) is 13.5 Å². The molecule has 1 N–H and O–H groups in total. The highest BCUT2D eigenvalue weighted by atomic mass is 32.2. The summed E-state index contributed by atoms with van der Waals surface area (Å²) < 4.78 is 27.7. The second-order valence-corrected chi connectivity index (χ2v) is 9.50. The Bertz CT molecular complexity index is 883. The van der Waals surface area contributed by atoms with Crippen molar-refractivity contribution in [1.29, 1.82) is 0 Å². The fourth-order valence-electron chi connectivity index (χ4n) is 4.52. The Balaban J connectivity index is 1.65. The molecule has 1 aliphatic heterocycles. The normalized spacial score (nSPS) is 29.5. The number of hydrogen-bond donors (Lipinski definition) is 1. The van der Waals surface area contributed by atoms with Gasteiger partial charge in [-0.1, -0.05) is 23.8 Å². The number of rotatable bonds is 3. The molecule has 2 fully saturated rings. The van der Waals surface area contributed by atoms with Crippen LogP contribution in [0, 0.1) is 18.8 Å². The van der Waals surface area contributed by atoms with Crippen molar-refractivity contribution in [3.05, 3.63) is 59.9 Å². The van der Waals surface area contributed by atoms with Gasteiger partial charge in [0, 0.05) is 37.0 Å². The van der Waals surface area contributed by atoms with Gasteiger partial charge in [0.25, 0.3) is 0 Å². The number of hydrogen-bond acceptors (Lipinski definition) is 4. The minimum Gasteiger partial charge on any atom is -0.385 e. The molecule has 4 rings (SSSR count). The van der Waals surface area contributed by atoms with Crippen molar-refractivity contribution in [2.45, 2.75) is 36.7 Å². The molecular formula is C20H24N2O3S. The summed E-state index contributed by atoms with van der Waals surface area (Å²) in [7, 11) is -3.54. The summed E-state index contributed by atoms with van der Waals surface area (Å²) in [6.45, 7) is 2.77. The molecule has 2 aromatic rings. The van der Waals surface area contributed by atoms with Crippen LogP contribution in [0.2, 0.25) is 0 Å². The van der Waals surface area contributed by atoms with Crippen LogP contribution in [0.15, 0.2) is 53.7 Å². The van der Waals surface area contributed by atoms with Crippen LogP contribution in [0.3, 0.4) is 0 Å². The monoisotopic (exact) mass is 372 g/mol. The SMILES string of the molecule is Cc1ccc(S(=O)(=O)N2C[C@@H]3CCC[C@@](O)(c4cccnc4)[C@H]3C2)cc1. The lowest BCUT2D eigenvalue weighted by molar-refractivity contribution is -0.0643. The maximum Gasteiger partial charge on any atom is 0.243 e. The molecule has 0 spiro atoms. The third kappa shape index (κ3) is 2.86. The van der Waals surface area contributed by atoms with Crippen LogP contribution >= 0.6 is 0 Å². The Kier molecular flexibility index (Phi) is 4.37. The van der Waals surface area contributed by atoms with E-state index >= 15 is 0 Å². The molecule has 0 bridgehead atoms. The molecule has 2 heterocycles. The fraction of sp³-hybridized carbons (Fsp3) is 0.450. The van der Waals surface area contributed by atoms with Gasteiger partial charge in [-0.3, -0.25) is 4.98 Å². The third-order valence-corrected chi connectivity index (χ3v) is 7.82. The topological polar surface area (TPSA) is 70.5 Å². The highest BCUT2D eigenvalue weighted by Crippen LogP contribution is 2.48. The van der Waals surface area contributed by atoms with Gasteiger partial charge in [0.2, 0.25) is 10.0 Å².